The fourth-order valence-corrected chi connectivity index (χ4v) is 2.98. The van der Waals surface area contributed by atoms with E-state index in [0.717, 1.165) is 5.69 Å². The lowest BCUT2D eigenvalue weighted by Crippen LogP contribution is -2.05. The molecule has 0 atom stereocenters. The first-order valence-electron chi connectivity index (χ1n) is 5.30. The highest BCUT2D eigenvalue weighted by Gasteiger charge is 2.20. The Morgan fingerprint density at radius 3 is 3.00 bits per heavy atom. The first-order valence-corrected chi connectivity index (χ1v) is 6.18. The Morgan fingerprint density at radius 1 is 1.60 bits per heavy atom. The molecule has 0 aromatic carbocycles. The van der Waals surface area contributed by atoms with Crippen molar-refractivity contribution in [1.82, 2.24) is 4.98 Å². The van der Waals surface area contributed by atoms with Crippen molar-refractivity contribution in [3.63, 3.8) is 0 Å². The highest BCUT2D eigenvalue weighted by Crippen LogP contribution is 2.35. The predicted molar refractivity (Wildman–Crippen MR) is 59.0 cm³/mol. The number of hydrogen-bond donors (Lipinski definition) is 0. The van der Waals surface area contributed by atoms with Crippen LogP contribution in [0.5, 0.6) is 0 Å². The Kier molecular flexibility index (Phi) is 3.36. The van der Waals surface area contributed by atoms with E-state index in [1.165, 1.54) is 37.8 Å². The van der Waals surface area contributed by atoms with Gasteiger partial charge in [-0.1, -0.05) is 12.8 Å². The fraction of sp³-hybridized carbons (Fsp3) is 0.636. The second-order valence-electron chi connectivity index (χ2n) is 3.91. The molecule has 0 bridgehead atoms. The third kappa shape index (κ3) is 2.56. The van der Waals surface area contributed by atoms with Gasteiger partial charge in [0.1, 0.15) is 0 Å². The monoisotopic (exact) mass is 225 g/mol. The van der Waals surface area contributed by atoms with Crippen LogP contribution in [0.4, 0.5) is 0 Å². The molecular formula is C11H15NO2S. The fourth-order valence-electron chi connectivity index (χ4n) is 1.98. The molecule has 3 nitrogen and oxygen atoms in total. The minimum atomic E-state index is -0.210. The van der Waals surface area contributed by atoms with Crippen LogP contribution in [-0.2, 0) is 16.0 Å². The summed E-state index contributed by atoms with van der Waals surface area (Å²) in [6.07, 6.45) is 5.45. The number of ether oxygens (including phenoxy) is 1. The number of esters is 1. The van der Waals surface area contributed by atoms with Crippen molar-refractivity contribution in [1.29, 1.82) is 0 Å². The van der Waals surface area contributed by atoms with Gasteiger partial charge in [0.2, 0.25) is 0 Å². The summed E-state index contributed by atoms with van der Waals surface area (Å²) in [6, 6.07) is 0. The van der Waals surface area contributed by atoms with Gasteiger partial charge in [0.15, 0.2) is 0 Å². The lowest BCUT2D eigenvalue weighted by atomic mass is 10.1. The number of carbonyl (C=O) groups is 1. The number of thiazole rings is 1. The number of aromatic nitrogens is 1. The molecule has 0 saturated heterocycles. The number of rotatable bonds is 3. The minimum absolute atomic E-state index is 0.210. The van der Waals surface area contributed by atoms with Gasteiger partial charge in [-0.25, -0.2) is 4.98 Å². The summed E-state index contributed by atoms with van der Waals surface area (Å²) >= 11 is 1.68. The molecule has 1 saturated carbocycles. The molecule has 4 heteroatoms. The summed E-state index contributed by atoms with van der Waals surface area (Å²) in [5, 5.41) is 3.18. The van der Waals surface area contributed by atoms with Crippen LogP contribution < -0.4 is 0 Å². The standard InChI is InChI=1S/C11H15NO2S/c1-14-10(13)6-9-7-15-11(12-9)8-4-2-3-5-8/h7-8H,2-6H2,1H3. The topological polar surface area (TPSA) is 39.2 Å². The zero-order valence-corrected chi connectivity index (χ0v) is 9.68. The maximum absolute atomic E-state index is 11.1. The van der Waals surface area contributed by atoms with Gasteiger partial charge in [0, 0.05) is 11.3 Å². The maximum atomic E-state index is 11.1. The highest BCUT2D eigenvalue weighted by molar-refractivity contribution is 7.09. The lowest BCUT2D eigenvalue weighted by molar-refractivity contribution is -0.139. The molecule has 0 spiro atoms. The number of hydrogen-bond acceptors (Lipinski definition) is 4. The minimum Gasteiger partial charge on any atom is -0.469 e. The van der Waals surface area contributed by atoms with Gasteiger partial charge in [0.25, 0.3) is 0 Å². The summed E-state index contributed by atoms with van der Waals surface area (Å²) in [5.41, 5.74) is 0.855. The third-order valence-corrected chi connectivity index (χ3v) is 3.88. The van der Waals surface area contributed by atoms with Crippen molar-refractivity contribution >= 4 is 17.3 Å². The van der Waals surface area contributed by atoms with Crippen LogP contribution in [0, 0.1) is 0 Å². The van der Waals surface area contributed by atoms with E-state index in [1.54, 1.807) is 11.3 Å². The zero-order valence-electron chi connectivity index (χ0n) is 8.86. The summed E-state index contributed by atoms with van der Waals surface area (Å²) in [7, 11) is 1.41. The van der Waals surface area contributed by atoms with E-state index >= 15 is 0 Å². The van der Waals surface area contributed by atoms with E-state index in [9.17, 15) is 4.79 Å². The molecule has 1 fully saturated rings. The van der Waals surface area contributed by atoms with Crippen LogP contribution in [0.15, 0.2) is 5.38 Å². The molecule has 1 aliphatic carbocycles. The largest absolute Gasteiger partial charge is 0.469 e. The quantitative estimate of drug-likeness (QED) is 0.742. The molecule has 0 aliphatic heterocycles. The molecule has 0 N–H and O–H groups in total. The van der Waals surface area contributed by atoms with Crippen LogP contribution >= 0.6 is 11.3 Å². The number of carbonyl (C=O) groups excluding carboxylic acids is 1. The summed E-state index contributed by atoms with van der Waals surface area (Å²) in [4.78, 5) is 15.6. The molecule has 0 radical (unpaired) electrons. The van der Waals surface area contributed by atoms with E-state index in [2.05, 4.69) is 9.72 Å². The molecule has 1 aromatic heterocycles. The van der Waals surface area contributed by atoms with Crippen molar-refractivity contribution in [2.75, 3.05) is 7.11 Å². The third-order valence-electron chi connectivity index (χ3n) is 2.83. The highest BCUT2D eigenvalue weighted by atomic mass is 32.1. The van der Waals surface area contributed by atoms with Gasteiger partial charge in [0.05, 0.1) is 24.2 Å². The molecule has 15 heavy (non-hydrogen) atoms. The molecule has 0 unspecified atom stereocenters. The Balaban J connectivity index is 2.00. The van der Waals surface area contributed by atoms with Gasteiger partial charge in [-0.15, -0.1) is 11.3 Å². The maximum Gasteiger partial charge on any atom is 0.311 e. The first kappa shape index (κ1) is 10.6. The smallest absolute Gasteiger partial charge is 0.311 e. The SMILES string of the molecule is COC(=O)Cc1csc(C2CCCC2)n1. The second-order valence-corrected chi connectivity index (χ2v) is 4.80. The zero-order chi connectivity index (χ0) is 10.7. The van der Waals surface area contributed by atoms with Crippen LogP contribution in [-0.4, -0.2) is 18.1 Å². The van der Waals surface area contributed by atoms with Gasteiger partial charge in [-0.2, -0.15) is 0 Å². The predicted octanol–water partition coefficient (Wildman–Crippen LogP) is 2.52. The van der Waals surface area contributed by atoms with Gasteiger partial charge in [-0.05, 0) is 12.8 Å². The van der Waals surface area contributed by atoms with E-state index in [4.69, 9.17) is 0 Å². The Hall–Kier alpha value is -0.900. The van der Waals surface area contributed by atoms with E-state index in [-0.39, 0.29) is 5.97 Å². The van der Waals surface area contributed by atoms with Crippen molar-refractivity contribution in [3.8, 4) is 0 Å². The molecule has 1 aromatic rings. The lowest BCUT2D eigenvalue weighted by Gasteiger charge is -2.02. The van der Waals surface area contributed by atoms with Crippen molar-refractivity contribution < 1.29 is 9.53 Å². The molecule has 82 valence electrons. The van der Waals surface area contributed by atoms with Gasteiger partial charge >= 0.3 is 5.97 Å². The summed E-state index contributed by atoms with van der Waals surface area (Å²) in [5.74, 6) is 0.430. The van der Waals surface area contributed by atoms with Gasteiger partial charge < -0.3 is 4.74 Å². The van der Waals surface area contributed by atoms with Crippen molar-refractivity contribution in [2.45, 2.75) is 38.0 Å². The Labute approximate surface area is 93.5 Å². The van der Waals surface area contributed by atoms with Crippen LogP contribution in [0.2, 0.25) is 0 Å². The molecule has 0 amide bonds. The average Bonchev–Trinajstić information content (AvgIpc) is 2.85. The van der Waals surface area contributed by atoms with Crippen molar-refractivity contribution in [2.24, 2.45) is 0 Å². The normalized spacial score (nSPS) is 16.9. The number of methoxy groups -OCH3 is 1. The second kappa shape index (κ2) is 4.75. The van der Waals surface area contributed by atoms with E-state index in [0.29, 0.717) is 12.3 Å². The first-order chi connectivity index (χ1) is 7.29. The molecule has 1 heterocycles. The Bertz CT molecular complexity index is 342. The summed E-state index contributed by atoms with van der Waals surface area (Å²) in [6.45, 7) is 0. The van der Waals surface area contributed by atoms with E-state index < -0.39 is 0 Å². The summed E-state index contributed by atoms with van der Waals surface area (Å²) < 4.78 is 4.61. The molecule has 1 aliphatic rings. The Morgan fingerprint density at radius 2 is 2.33 bits per heavy atom. The van der Waals surface area contributed by atoms with Crippen LogP contribution in [0.1, 0.15) is 42.3 Å². The van der Waals surface area contributed by atoms with Crippen LogP contribution in [0.25, 0.3) is 0 Å². The van der Waals surface area contributed by atoms with Crippen molar-refractivity contribution in [3.05, 3.63) is 16.1 Å². The van der Waals surface area contributed by atoms with E-state index in [1.807, 2.05) is 5.38 Å². The van der Waals surface area contributed by atoms with Gasteiger partial charge in [-0.3, -0.25) is 4.79 Å². The van der Waals surface area contributed by atoms with Crippen LogP contribution in [0.3, 0.4) is 0 Å². The average molecular weight is 225 g/mol. The molecular weight excluding hydrogens is 210 g/mol. The number of nitrogens with zero attached hydrogens (tertiary/aromatic N) is 1. The molecule has 2 rings (SSSR count).